The summed E-state index contributed by atoms with van der Waals surface area (Å²) in [5.41, 5.74) is 0. The summed E-state index contributed by atoms with van der Waals surface area (Å²) in [5.74, 6) is 3.03. The van der Waals surface area contributed by atoms with Crippen LogP contribution < -0.4 is 10.6 Å². The monoisotopic (exact) mass is 282 g/mol. The van der Waals surface area contributed by atoms with Gasteiger partial charge < -0.3 is 10.6 Å². The molecule has 1 unspecified atom stereocenters. The Morgan fingerprint density at radius 2 is 2.58 bits per heavy atom. The number of rotatable bonds is 6. The average Bonchev–Trinajstić information content (AvgIpc) is 2.84. The van der Waals surface area contributed by atoms with E-state index < -0.39 is 0 Å². The van der Waals surface area contributed by atoms with E-state index in [-0.39, 0.29) is 5.91 Å². The molecule has 5 nitrogen and oxygen atoms in total. The van der Waals surface area contributed by atoms with Crippen LogP contribution >= 0.6 is 11.8 Å². The van der Waals surface area contributed by atoms with E-state index >= 15 is 0 Å². The van der Waals surface area contributed by atoms with Crippen molar-refractivity contribution in [3.8, 4) is 0 Å². The van der Waals surface area contributed by atoms with Gasteiger partial charge in [-0.1, -0.05) is 13.3 Å². The van der Waals surface area contributed by atoms with Gasteiger partial charge in [0.05, 0.1) is 6.20 Å². The number of nitrogens with zero attached hydrogens (tertiary/aromatic N) is 2. The normalized spacial score (nSPS) is 19.3. The molecule has 1 aromatic rings. The molecule has 1 atom stereocenters. The lowest BCUT2D eigenvalue weighted by Gasteiger charge is -2.22. The van der Waals surface area contributed by atoms with Crippen molar-refractivity contribution in [1.29, 1.82) is 0 Å². The van der Waals surface area contributed by atoms with Gasteiger partial charge in [0.15, 0.2) is 0 Å². The Labute approximate surface area is 118 Å². The summed E-state index contributed by atoms with van der Waals surface area (Å²) in [6.45, 7) is 4.00. The van der Waals surface area contributed by atoms with E-state index in [9.17, 15) is 4.79 Å². The Kier molecular flexibility index (Phi) is 5.72. The molecule has 106 valence electrons. The van der Waals surface area contributed by atoms with Gasteiger partial charge >= 0.3 is 0 Å². The summed E-state index contributed by atoms with van der Waals surface area (Å²) in [6, 6.07) is 2.15. The van der Waals surface area contributed by atoms with Gasteiger partial charge in [-0.25, -0.2) is 4.68 Å². The fourth-order valence-electron chi connectivity index (χ4n) is 2.09. The zero-order chi connectivity index (χ0) is 13.5. The van der Waals surface area contributed by atoms with Crippen LogP contribution in [0.2, 0.25) is 0 Å². The first-order chi connectivity index (χ1) is 9.29. The number of carbonyl (C=O) groups is 1. The molecule has 1 aliphatic rings. The summed E-state index contributed by atoms with van der Waals surface area (Å²) in [5, 5.41) is 10.6. The summed E-state index contributed by atoms with van der Waals surface area (Å²) in [6.07, 6.45) is 4.47. The predicted octanol–water partition coefficient (Wildman–Crippen LogP) is 1.72. The first-order valence-corrected chi connectivity index (χ1v) is 8.08. The highest BCUT2D eigenvalue weighted by Gasteiger charge is 2.17. The lowest BCUT2D eigenvalue weighted by Crippen LogP contribution is -2.40. The zero-order valence-corrected chi connectivity index (χ0v) is 12.2. The Morgan fingerprint density at radius 3 is 3.32 bits per heavy atom. The second-order valence-corrected chi connectivity index (χ2v) is 5.92. The standard InChI is InChI=1S/C13H22N4OS/c1-2-3-7-17-12(4-5-15-17)16-13(18)9-11-10-19-8-6-14-11/h4-5,11,14H,2-3,6-10H2,1H3,(H,16,18). The number of aromatic nitrogens is 2. The van der Waals surface area contributed by atoms with Gasteiger partial charge in [0, 0.05) is 43.1 Å². The topological polar surface area (TPSA) is 59.0 Å². The van der Waals surface area contributed by atoms with Gasteiger partial charge in [0.2, 0.25) is 5.91 Å². The number of amides is 1. The molecule has 2 heterocycles. The second-order valence-electron chi connectivity index (χ2n) is 4.77. The van der Waals surface area contributed by atoms with E-state index in [4.69, 9.17) is 0 Å². The van der Waals surface area contributed by atoms with Crippen molar-refractivity contribution in [2.45, 2.75) is 38.8 Å². The van der Waals surface area contributed by atoms with Crippen LogP contribution in [0.15, 0.2) is 12.3 Å². The number of unbranched alkanes of at least 4 members (excludes halogenated alkanes) is 1. The smallest absolute Gasteiger partial charge is 0.227 e. The van der Waals surface area contributed by atoms with Gasteiger partial charge in [-0.15, -0.1) is 0 Å². The molecule has 0 spiro atoms. The number of hydrogen-bond acceptors (Lipinski definition) is 4. The Bertz CT molecular complexity index is 401. The Hall–Kier alpha value is -1.01. The number of thioether (sulfide) groups is 1. The molecule has 1 aliphatic heterocycles. The summed E-state index contributed by atoms with van der Waals surface area (Å²) < 4.78 is 1.87. The van der Waals surface area contributed by atoms with E-state index in [1.165, 1.54) is 0 Å². The molecule has 6 heteroatoms. The lowest BCUT2D eigenvalue weighted by atomic mass is 10.2. The average molecular weight is 282 g/mol. The third-order valence-corrected chi connectivity index (χ3v) is 4.27. The molecule has 0 saturated carbocycles. The first-order valence-electron chi connectivity index (χ1n) is 6.92. The van der Waals surface area contributed by atoms with Crippen molar-refractivity contribution < 1.29 is 4.79 Å². The number of hydrogen-bond donors (Lipinski definition) is 2. The maximum absolute atomic E-state index is 12.0. The van der Waals surface area contributed by atoms with E-state index in [2.05, 4.69) is 22.7 Å². The van der Waals surface area contributed by atoms with Gasteiger partial charge in [-0.2, -0.15) is 16.9 Å². The summed E-state index contributed by atoms with van der Waals surface area (Å²) in [4.78, 5) is 12.0. The van der Waals surface area contributed by atoms with Crippen molar-refractivity contribution in [3.05, 3.63) is 12.3 Å². The molecule has 19 heavy (non-hydrogen) atoms. The fraction of sp³-hybridized carbons (Fsp3) is 0.692. The van der Waals surface area contributed by atoms with E-state index in [1.54, 1.807) is 6.20 Å². The predicted molar refractivity (Wildman–Crippen MR) is 79.5 cm³/mol. The third kappa shape index (κ3) is 4.54. The van der Waals surface area contributed by atoms with Crippen LogP contribution in [-0.4, -0.2) is 39.8 Å². The van der Waals surface area contributed by atoms with Crippen molar-refractivity contribution in [1.82, 2.24) is 15.1 Å². The Balaban J connectivity index is 1.82. The molecule has 0 aliphatic carbocycles. The summed E-state index contributed by atoms with van der Waals surface area (Å²) in [7, 11) is 0. The molecule has 0 aromatic carbocycles. The van der Waals surface area contributed by atoms with Gasteiger partial charge in [-0.05, 0) is 6.42 Å². The quantitative estimate of drug-likeness (QED) is 0.834. The largest absolute Gasteiger partial charge is 0.312 e. The third-order valence-electron chi connectivity index (χ3n) is 3.14. The molecule has 1 fully saturated rings. The van der Waals surface area contributed by atoms with Gasteiger partial charge in [0.1, 0.15) is 5.82 Å². The zero-order valence-electron chi connectivity index (χ0n) is 11.4. The van der Waals surface area contributed by atoms with Crippen LogP contribution in [0.4, 0.5) is 5.82 Å². The SMILES string of the molecule is CCCCn1nccc1NC(=O)CC1CSCCN1. The number of aryl methyl sites for hydroxylation is 1. The molecule has 0 bridgehead atoms. The molecule has 1 aromatic heterocycles. The maximum Gasteiger partial charge on any atom is 0.227 e. The minimum atomic E-state index is 0.0678. The van der Waals surface area contributed by atoms with Crippen molar-refractivity contribution in [3.63, 3.8) is 0 Å². The molecule has 1 amide bonds. The lowest BCUT2D eigenvalue weighted by molar-refractivity contribution is -0.116. The fourth-order valence-corrected chi connectivity index (χ4v) is 3.04. The molecule has 2 rings (SSSR count). The minimum absolute atomic E-state index is 0.0678. The first kappa shape index (κ1) is 14.4. The Morgan fingerprint density at radius 1 is 1.68 bits per heavy atom. The van der Waals surface area contributed by atoms with Crippen LogP contribution in [0.1, 0.15) is 26.2 Å². The molecular weight excluding hydrogens is 260 g/mol. The molecule has 2 N–H and O–H groups in total. The van der Waals surface area contributed by atoms with Gasteiger partial charge in [0.25, 0.3) is 0 Å². The van der Waals surface area contributed by atoms with E-state index in [0.717, 1.165) is 43.3 Å². The minimum Gasteiger partial charge on any atom is -0.312 e. The van der Waals surface area contributed by atoms with Crippen LogP contribution in [0.25, 0.3) is 0 Å². The number of anilines is 1. The number of carbonyl (C=O) groups excluding carboxylic acids is 1. The van der Waals surface area contributed by atoms with Crippen LogP contribution in [0, 0.1) is 0 Å². The van der Waals surface area contributed by atoms with Crippen LogP contribution in [-0.2, 0) is 11.3 Å². The van der Waals surface area contributed by atoms with Crippen molar-refractivity contribution in [2.24, 2.45) is 0 Å². The maximum atomic E-state index is 12.0. The molecule has 0 radical (unpaired) electrons. The highest BCUT2D eigenvalue weighted by molar-refractivity contribution is 7.99. The molecule has 1 saturated heterocycles. The van der Waals surface area contributed by atoms with Crippen molar-refractivity contribution in [2.75, 3.05) is 23.4 Å². The molecular formula is C13H22N4OS. The van der Waals surface area contributed by atoms with Crippen LogP contribution in [0.3, 0.4) is 0 Å². The van der Waals surface area contributed by atoms with Gasteiger partial charge in [-0.3, -0.25) is 4.79 Å². The van der Waals surface area contributed by atoms with Crippen LogP contribution in [0.5, 0.6) is 0 Å². The highest BCUT2D eigenvalue weighted by atomic mass is 32.2. The second kappa shape index (κ2) is 7.55. The van der Waals surface area contributed by atoms with E-state index in [0.29, 0.717) is 12.5 Å². The van der Waals surface area contributed by atoms with Crippen molar-refractivity contribution >= 4 is 23.5 Å². The van der Waals surface area contributed by atoms with E-state index in [1.807, 2.05) is 22.5 Å². The highest BCUT2D eigenvalue weighted by Crippen LogP contribution is 2.12. The number of nitrogens with one attached hydrogen (secondary N) is 2. The summed E-state index contributed by atoms with van der Waals surface area (Å²) >= 11 is 1.91.